The van der Waals surface area contributed by atoms with Crippen LogP contribution in [0.25, 0.3) is 16.9 Å². The van der Waals surface area contributed by atoms with Crippen LogP contribution in [0.15, 0.2) is 48.5 Å². The fourth-order valence-corrected chi connectivity index (χ4v) is 3.72. The number of ether oxygens (including phenoxy) is 1. The minimum atomic E-state index is -0.564. The van der Waals surface area contributed by atoms with Crippen molar-refractivity contribution >= 4 is 11.5 Å². The molecular weight excluding hydrogens is 393 g/mol. The van der Waals surface area contributed by atoms with Crippen LogP contribution in [-0.2, 0) is 4.74 Å². The second-order valence-corrected chi connectivity index (χ2v) is 7.11. The summed E-state index contributed by atoms with van der Waals surface area (Å²) in [5.41, 5.74) is 9.18. The van der Waals surface area contributed by atoms with Gasteiger partial charge in [-0.1, -0.05) is 19.9 Å². The van der Waals surface area contributed by atoms with Gasteiger partial charge < -0.3 is 15.4 Å². The SMILES string of the molecule is CC.COC1CCN(c2ccc(-n3nc(N)cc3-c3ccc(C#N)c(F)c3)cc2)CC1. The smallest absolute Gasteiger partial charge is 0.146 e. The van der Waals surface area contributed by atoms with Gasteiger partial charge >= 0.3 is 0 Å². The lowest BCUT2D eigenvalue weighted by Gasteiger charge is -2.33. The Kier molecular flexibility index (Phi) is 7.27. The highest BCUT2D eigenvalue weighted by atomic mass is 19.1. The molecule has 0 radical (unpaired) electrons. The van der Waals surface area contributed by atoms with Crippen LogP contribution in [0.5, 0.6) is 0 Å². The Morgan fingerprint density at radius 3 is 2.29 bits per heavy atom. The highest BCUT2D eigenvalue weighted by molar-refractivity contribution is 5.67. The van der Waals surface area contributed by atoms with E-state index in [1.165, 1.54) is 12.1 Å². The molecule has 1 saturated heterocycles. The predicted octanol–water partition coefficient (Wildman–Crippen LogP) is 4.77. The Morgan fingerprint density at radius 2 is 1.71 bits per heavy atom. The van der Waals surface area contributed by atoms with E-state index in [9.17, 15) is 4.39 Å². The van der Waals surface area contributed by atoms with Crippen LogP contribution in [-0.4, -0.2) is 36.1 Å². The Labute approximate surface area is 182 Å². The predicted molar refractivity (Wildman–Crippen MR) is 122 cm³/mol. The Balaban J connectivity index is 0.00000132. The molecule has 2 aromatic carbocycles. The van der Waals surface area contributed by atoms with Crippen molar-refractivity contribution in [3.63, 3.8) is 0 Å². The highest BCUT2D eigenvalue weighted by Crippen LogP contribution is 2.28. The molecule has 1 aliphatic rings. The number of nitrogen functional groups attached to an aromatic ring is 1. The van der Waals surface area contributed by atoms with Crippen LogP contribution >= 0.6 is 0 Å². The van der Waals surface area contributed by atoms with Gasteiger partial charge in [-0.15, -0.1) is 0 Å². The van der Waals surface area contributed by atoms with Crippen LogP contribution in [0.1, 0.15) is 32.3 Å². The number of benzene rings is 2. The average molecular weight is 422 g/mol. The molecule has 0 amide bonds. The maximum atomic E-state index is 14.1. The van der Waals surface area contributed by atoms with Crippen LogP contribution in [0.4, 0.5) is 15.9 Å². The lowest BCUT2D eigenvalue weighted by atomic mass is 10.1. The number of aromatic nitrogens is 2. The molecule has 1 aliphatic heterocycles. The monoisotopic (exact) mass is 421 g/mol. The Hall–Kier alpha value is -3.37. The van der Waals surface area contributed by atoms with Crippen LogP contribution in [0.2, 0.25) is 0 Å². The van der Waals surface area contributed by atoms with E-state index >= 15 is 0 Å². The van der Waals surface area contributed by atoms with Crippen molar-refractivity contribution in [1.29, 1.82) is 5.26 Å². The first-order valence-corrected chi connectivity index (χ1v) is 10.5. The maximum Gasteiger partial charge on any atom is 0.146 e. The third-order valence-electron chi connectivity index (χ3n) is 5.35. The number of nitriles is 1. The molecule has 0 spiro atoms. The first kappa shape index (κ1) is 22.3. The van der Waals surface area contributed by atoms with Gasteiger partial charge in [0.25, 0.3) is 0 Å². The first-order chi connectivity index (χ1) is 15.1. The van der Waals surface area contributed by atoms with Gasteiger partial charge in [0.1, 0.15) is 17.7 Å². The molecule has 0 unspecified atom stereocenters. The van der Waals surface area contributed by atoms with Gasteiger partial charge in [-0.25, -0.2) is 9.07 Å². The van der Waals surface area contributed by atoms with Crippen LogP contribution in [0, 0.1) is 17.1 Å². The summed E-state index contributed by atoms with van der Waals surface area (Å²) in [5, 5.41) is 13.3. The van der Waals surface area contributed by atoms with Crippen molar-refractivity contribution in [2.75, 3.05) is 30.8 Å². The molecule has 1 aromatic heterocycles. The zero-order valence-corrected chi connectivity index (χ0v) is 18.2. The largest absolute Gasteiger partial charge is 0.382 e. The fourth-order valence-electron chi connectivity index (χ4n) is 3.72. The second kappa shape index (κ2) is 10.1. The molecule has 4 rings (SSSR count). The van der Waals surface area contributed by atoms with E-state index in [0.29, 0.717) is 23.2 Å². The summed E-state index contributed by atoms with van der Waals surface area (Å²) in [7, 11) is 1.77. The van der Waals surface area contributed by atoms with Gasteiger partial charge in [0.2, 0.25) is 0 Å². The Morgan fingerprint density at radius 1 is 1.06 bits per heavy atom. The van der Waals surface area contributed by atoms with Gasteiger partial charge in [0.15, 0.2) is 0 Å². The molecule has 7 heteroatoms. The molecule has 0 atom stereocenters. The molecule has 0 bridgehead atoms. The number of methoxy groups -OCH3 is 1. The number of nitrogens with two attached hydrogens (primary N) is 1. The number of hydrogen-bond donors (Lipinski definition) is 1. The quantitative estimate of drug-likeness (QED) is 0.656. The van der Waals surface area contributed by atoms with E-state index in [1.54, 1.807) is 23.9 Å². The van der Waals surface area contributed by atoms with E-state index < -0.39 is 5.82 Å². The van der Waals surface area contributed by atoms with Gasteiger partial charge in [-0.05, 0) is 49.2 Å². The zero-order chi connectivity index (χ0) is 22.4. The summed E-state index contributed by atoms with van der Waals surface area (Å²) in [6, 6.07) is 16.1. The molecule has 162 valence electrons. The van der Waals surface area contributed by atoms with Gasteiger partial charge in [-0.3, -0.25) is 0 Å². The maximum absolute atomic E-state index is 14.1. The van der Waals surface area contributed by atoms with E-state index in [2.05, 4.69) is 22.1 Å². The van der Waals surface area contributed by atoms with Gasteiger partial charge in [-0.2, -0.15) is 10.4 Å². The van der Waals surface area contributed by atoms with Gasteiger partial charge in [0, 0.05) is 37.5 Å². The average Bonchev–Trinajstić information content (AvgIpc) is 3.22. The highest BCUT2D eigenvalue weighted by Gasteiger charge is 2.19. The molecule has 2 heterocycles. The van der Waals surface area contributed by atoms with Crippen molar-refractivity contribution in [3.05, 3.63) is 59.9 Å². The van der Waals surface area contributed by atoms with Crippen molar-refractivity contribution in [1.82, 2.24) is 9.78 Å². The second-order valence-electron chi connectivity index (χ2n) is 7.11. The van der Waals surface area contributed by atoms with E-state index in [-0.39, 0.29) is 5.56 Å². The summed E-state index contributed by atoms with van der Waals surface area (Å²) in [6.07, 6.45) is 2.37. The molecule has 3 aromatic rings. The summed E-state index contributed by atoms with van der Waals surface area (Å²) in [6.45, 7) is 5.92. The third-order valence-corrected chi connectivity index (χ3v) is 5.35. The van der Waals surface area contributed by atoms with E-state index in [4.69, 9.17) is 15.7 Å². The van der Waals surface area contributed by atoms with Crippen LogP contribution < -0.4 is 10.6 Å². The summed E-state index contributed by atoms with van der Waals surface area (Å²) < 4.78 is 21.2. The minimum Gasteiger partial charge on any atom is -0.382 e. The molecule has 0 aliphatic carbocycles. The molecule has 6 nitrogen and oxygen atoms in total. The molecule has 0 saturated carbocycles. The summed E-state index contributed by atoms with van der Waals surface area (Å²) >= 11 is 0. The lowest BCUT2D eigenvalue weighted by Crippen LogP contribution is -2.36. The number of piperidine rings is 1. The first-order valence-electron chi connectivity index (χ1n) is 10.5. The third kappa shape index (κ3) is 4.86. The van der Waals surface area contributed by atoms with E-state index in [0.717, 1.165) is 37.3 Å². The molecule has 2 N–H and O–H groups in total. The molecule has 31 heavy (non-hydrogen) atoms. The summed E-state index contributed by atoms with van der Waals surface area (Å²) in [4.78, 5) is 2.34. The Bertz CT molecular complexity index is 1050. The standard InChI is InChI=1S/C22H22FN5O.C2H6/c1-29-19-8-10-27(11-9-19)17-4-6-18(7-5-17)28-21(13-22(25)26-28)15-2-3-16(14-24)20(23)12-15;1-2/h2-7,12-13,19H,8-11H2,1H3,(H2,25,26);1-2H3. The fraction of sp³-hybridized carbons (Fsp3) is 0.333. The number of halogens is 1. The zero-order valence-electron chi connectivity index (χ0n) is 18.2. The van der Waals surface area contributed by atoms with Gasteiger partial charge in [0.05, 0.1) is 23.0 Å². The molecular formula is C24H28FN5O. The van der Waals surface area contributed by atoms with Crippen molar-refractivity contribution < 1.29 is 9.13 Å². The number of anilines is 2. The van der Waals surface area contributed by atoms with Crippen LogP contribution in [0.3, 0.4) is 0 Å². The van der Waals surface area contributed by atoms with Crippen molar-refractivity contribution in [2.45, 2.75) is 32.8 Å². The van der Waals surface area contributed by atoms with Crippen molar-refractivity contribution in [2.24, 2.45) is 0 Å². The van der Waals surface area contributed by atoms with E-state index in [1.807, 2.05) is 32.0 Å². The topological polar surface area (TPSA) is 80.1 Å². The normalized spacial score (nSPS) is 14.0. The molecule has 1 fully saturated rings. The lowest BCUT2D eigenvalue weighted by molar-refractivity contribution is 0.0819. The minimum absolute atomic E-state index is 0.00869. The number of hydrogen-bond acceptors (Lipinski definition) is 5. The summed E-state index contributed by atoms with van der Waals surface area (Å²) in [5.74, 6) is -0.221. The number of nitrogens with zero attached hydrogens (tertiary/aromatic N) is 4. The van der Waals surface area contributed by atoms with Crippen molar-refractivity contribution in [3.8, 4) is 23.0 Å². The number of rotatable bonds is 4.